The number of alkyl halides is 1. The van der Waals surface area contributed by atoms with Crippen molar-refractivity contribution in [1.82, 2.24) is 9.55 Å². The molecule has 1 atom stereocenters. The van der Waals surface area contributed by atoms with Gasteiger partial charge in [-0.3, -0.25) is 0 Å². The van der Waals surface area contributed by atoms with Crippen LogP contribution in [0.3, 0.4) is 0 Å². The maximum absolute atomic E-state index is 6.31. The predicted octanol–water partition coefficient (Wildman–Crippen LogP) is 5.64. The van der Waals surface area contributed by atoms with E-state index in [-0.39, 0.29) is 5.38 Å². The normalized spacial score (nSPS) is 12.8. The van der Waals surface area contributed by atoms with Gasteiger partial charge in [-0.1, -0.05) is 23.7 Å². The highest BCUT2D eigenvalue weighted by Crippen LogP contribution is 2.27. The summed E-state index contributed by atoms with van der Waals surface area (Å²) in [6.07, 6.45) is 0. The van der Waals surface area contributed by atoms with Crippen LogP contribution in [0.4, 0.5) is 0 Å². The first-order chi connectivity index (χ1) is 10.0. The third kappa shape index (κ3) is 3.20. The van der Waals surface area contributed by atoms with Crippen LogP contribution in [-0.2, 0) is 6.54 Å². The first-order valence-corrected chi connectivity index (χ1v) is 8.48. The molecule has 0 saturated heterocycles. The Morgan fingerprint density at radius 3 is 2.76 bits per heavy atom. The second kappa shape index (κ2) is 6.15. The minimum Gasteiger partial charge on any atom is -0.322 e. The molecule has 1 aromatic heterocycles. The molecule has 0 bridgehead atoms. The topological polar surface area (TPSA) is 17.8 Å². The van der Waals surface area contributed by atoms with Crippen LogP contribution < -0.4 is 0 Å². The summed E-state index contributed by atoms with van der Waals surface area (Å²) in [7, 11) is 0. The van der Waals surface area contributed by atoms with Crippen molar-refractivity contribution in [3.8, 4) is 0 Å². The maximum atomic E-state index is 6.31. The van der Waals surface area contributed by atoms with Gasteiger partial charge < -0.3 is 4.57 Å². The number of hydrogen-bond acceptors (Lipinski definition) is 1. The van der Waals surface area contributed by atoms with Gasteiger partial charge in [0.25, 0.3) is 0 Å². The Kier molecular flexibility index (Phi) is 4.43. The average molecular weight is 431 g/mol. The van der Waals surface area contributed by atoms with Crippen molar-refractivity contribution in [1.29, 1.82) is 0 Å². The summed E-state index contributed by atoms with van der Waals surface area (Å²) in [5.74, 6) is 0.883. The average Bonchev–Trinajstić information content (AvgIpc) is 2.77. The second-order valence-corrected chi connectivity index (χ2v) is 7.27. The molecule has 5 heteroatoms. The van der Waals surface area contributed by atoms with Crippen LogP contribution in [0.2, 0.25) is 5.02 Å². The second-order valence-electron chi connectivity index (χ2n) is 4.94. The molecule has 1 unspecified atom stereocenters. The Morgan fingerprint density at radius 1 is 1.24 bits per heavy atom. The van der Waals surface area contributed by atoms with E-state index in [1.807, 2.05) is 25.1 Å². The maximum Gasteiger partial charge on any atom is 0.128 e. The monoisotopic (exact) mass is 430 g/mol. The molecule has 0 spiro atoms. The van der Waals surface area contributed by atoms with Crippen LogP contribution >= 0.6 is 45.8 Å². The Labute approximate surface area is 147 Å². The third-order valence-corrected chi connectivity index (χ3v) is 4.43. The van der Waals surface area contributed by atoms with E-state index in [1.165, 1.54) is 3.57 Å². The van der Waals surface area contributed by atoms with Gasteiger partial charge in [0, 0.05) is 15.1 Å². The lowest BCUT2D eigenvalue weighted by Crippen LogP contribution is -2.05. The Hall–Kier alpha value is -0.780. The number of rotatable bonds is 3. The van der Waals surface area contributed by atoms with Gasteiger partial charge in [0.1, 0.15) is 5.82 Å². The van der Waals surface area contributed by atoms with Gasteiger partial charge >= 0.3 is 0 Å². The van der Waals surface area contributed by atoms with Crippen molar-refractivity contribution < 1.29 is 0 Å². The van der Waals surface area contributed by atoms with Gasteiger partial charge in [0.05, 0.1) is 16.4 Å². The van der Waals surface area contributed by atoms with E-state index in [2.05, 4.69) is 56.4 Å². The van der Waals surface area contributed by atoms with Crippen molar-refractivity contribution in [2.45, 2.75) is 18.8 Å². The first kappa shape index (κ1) is 15.1. The van der Waals surface area contributed by atoms with Gasteiger partial charge in [-0.05, 0) is 65.4 Å². The molecule has 108 valence electrons. The highest BCUT2D eigenvalue weighted by atomic mass is 127. The molecule has 2 aromatic carbocycles. The molecule has 0 aliphatic rings. The van der Waals surface area contributed by atoms with Crippen molar-refractivity contribution in [2.24, 2.45) is 0 Å². The Balaban J connectivity index is 2.13. The molecular formula is C16H13Cl2IN2. The van der Waals surface area contributed by atoms with E-state index in [4.69, 9.17) is 23.2 Å². The van der Waals surface area contributed by atoms with Gasteiger partial charge in [0.15, 0.2) is 0 Å². The van der Waals surface area contributed by atoms with E-state index in [9.17, 15) is 0 Å². The van der Waals surface area contributed by atoms with Crippen LogP contribution in [-0.4, -0.2) is 9.55 Å². The standard InChI is InChI=1S/C16H13Cl2IN2/c1-10(17)16-20-14-8-13(19)5-6-15(14)21(16)9-11-3-2-4-12(18)7-11/h2-8,10H,9H2,1H3. The molecule has 0 saturated carbocycles. The lowest BCUT2D eigenvalue weighted by atomic mass is 10.2. The largest absolute Gasteiger partial charge is 0.322 e. The van der Waals surface area contributed by atoms with Crippen LogP contribution in [0.15, 0.2) is 42.5 Å². The quantitative estimate of drug-likeness (QED) is 0.388. The van der Waals surface area contributed by atoms with Gasteiger partial charge in [-0.2, -0.15) is 0 Å². The molecule has 0 aliphatic heterocycles. The molecule has 0 N–H and O–H groups in total. The first-order valence-electron chi connectivity index (χ1n) is 6.59. The fraction of sp³-hybridized carbons (Fsp3) is 0.188. The number of hydrogen-bond donors (Lipinski definition) is 0. The Morgan fingerprint density at radius 2 is 2.05 bits per heavy atom. The lowest BCUT2D eigenvalue weighted by Gasteiger charge is -2.11. The molecule has 3 aromatic rings. The van der Waals surface area contributed by atoms with Gasteiger partial charge in [-0.15, -0.1) is 11.6 Å². The number of imidazole rings is 1. The fourth-order valence-corrected chi connectivity index (χ4v) is 3.26. The number of halogens is 3. The summed E-state index contributed by atoms with van der Waals surface area (Å²) in [4.78, 5) is 4.68. The van der Waals surface area contributed by atoms with E-state index in [0.29, 0.717) is 6.54 Å². The summed E-state index contributed by atoms with van der Waals surface area (Å²) in [5, 5.41) is 0.598. The highest BCUT2D eigenvalue weighted by Gasteiger charge is 2.15. The minimum absolute atomic E-state index is 0.144. The number of fused-ring (bicyclic) bond motifs is 1. The van der Waals surface area contributed by atoms with E-state index >= 15 is 0 Å². The summed E-state index contributed by atoms with van der Waals surface area (Å²) in [6, 6.07) is 14.1. The zero-order chi connectivity index (χ0) is 15.0. The van der Waals surface area contributed by atoms with Crippen molar-refractivity contribution >= 4 is 56.8 Å². The molecule has 0 aliphatic carbocycles. The summed E-state index contributed by atoms with van der Waals surface area (Å²) < 4.78 is 3.33. The molecule has 3 rings (SSSR count). The fourth-order valence-electron chi connectivity index (χ4n) is 2.41. The summed E-state index contributed by atoms with van der Waals surface area (Å²) in [6.45, 7) is 2.66. The smallest absolute Gasteiger partial charge is 0.128 e. The molecule has 0 fully saturated rings. The predicted molar refractivity (Wildman–Crippen MR) is 97.3 cm³/mol. The van der Waals surface area contributed by atoms with Crippen LogP contribution in [0.25, 0.3) is 11.0 Å². The SMILES string of the molecule is CC(Cl)c1nc2cc(I)ccc2n1Cc1cccc(Cl)c1. The summed E-state index contributed by atoms with van der Waals surface area (Å²) in [5.41, 5.74) is 3.21. The highest BCUT2D eigenvalue weighted by molar-refractivity contribution is 14.1. The summed E-state index contributed by atoms with van der Waals surface area (Å²) >= 11 is 14.7. The van der Waals surface area contributed by atoms with Crippen LogP contribution in [0.5, 0.6) is 0 Å². The van der Waals surface area contributed by atoms with Gasteiger partial charge in [-0.25, -0.2) is 4.98 Å². The molecule has 2 nitrogen and oxygen atoms in total. The van der Waals surface area contributed by atoms with Crippen LogP contribution in [0.1, 0.15) is 23.7 Å². The third-order valence-electron chi connectivity index (χ3n) is 3.33. The van der Waals surface area contributed by atoms with E-state index in [0.717, 1.165) is 27.4 Å². The zero-order valence-corrected chi connectivity index (χ0v) is 15.0. The Bertz CT molecular complexity index is 796. The molecular weight excluding hydrogens is 418 g/mol. The minimum atomic E-state index is -0.144. The van der Waals surface area contributed by atoms with Crippen molar-refractivity contribution in [3.05, 3.63) is 62.4 Å². The molecule has 0 radical (unpaired) electrons. The van der Waals surface area contributed by atoms with Crippen molar-refractivity contribution in [3.63, 3.8) is 0 Å². The molecule has 0 amide bonds. The van der Waals surface area contributed by atoms with Gasteiger partial charge in [0.2, 0.25) is 0 Å². The molecule has 21 heavy (non-hydrogen) atoms. The lowest BCUT2D eigenvalue weighted by molar-refractivity contribution is 0.742. The van der Waals surface area contributed by atoms with E-state index < -0.39 is 0 Å². The van der Waals surface area contributed by atoms with Crippen molar-refractivity contribution in [2.75, 3.05) is 0 Å². The van der Waals surface area contributed by atoms with E-state index in [1.54, 1.807) is 0 Å². The number of nitrogens with zero attached hydrogens (tertiary/aromatic N) is 2. The molecule has 1 heterocycles. The number of aromatic nitrogens is 2. The number of benzene rings is 2. The zero-order valence-electron chi connectivity index (χ0n) is 11.4. The van der Waals surface area contributed by atoms with Crippen LogP contribution in [0, 0.1) is 3.57 Å².